The van der Waals surface area contributed by atoms with Gasteiger partial charge >= 0.3 is 0 Å². The molecule has 1 radical (unpaired) electrons. The Morgan fingerprint density at radius 1 is 1.57 bits per heavy atom. The first-order valence-electron chi connectivity index (χ1n) is 3.91. The fraction of sp³-hybridized carbons (Fsp3) is 0.222. The van der Waals surface area contributed by atoms with E-state index in [0.29, 0.717) is 0 Å². The Morgan fingerprint density at radius 2 is 2.36 bits per heavy atom. The van der Waals surface area contributed by atoms with Crippen LogP contribution in [0.2, 0.25) is 0 Å². The summed E-state index contributed by atoms with van der Waals surface area (Å²) in [5.41, 5.74) is 0. The van der Waals surface area contributed by atoms with Crippen molar-refractivity contribution in [1.82, 2.24) is 14.5 Å². The molecule has 0 saturated heterocycles. The van der Waals surface area contributed by atoms with Crippen LogP contribution in [0.25, 0.3) is 5.82 Å². The van der Waals surface area contributed by atoms with Crippen LogP contribution in [-0.4, -0.2) is 16.7 Å². The molecule has 0 N–H and O–H groups in total. The number of imidazole rings is 1. The van der Waals surface area contributed by atoms with Crippen molar-refractivity contribution in [2.24, 2.45) is 0 Å². The Kier molecular flexibility index (Phi) is 3.90. The van der Waals surface area contributed by atoms with Crippen LogP contribution in [-0.2, 0) is 32.7 Å². The molecule has 0 unspecified atom stereocenters. The molecule has 71 valence electrons. The third-order valence-electron chi connectivity index (χ3n) is 1.84. The van der Waals surface area contributed by atoms with Crippen LogP contribution < -0.4 is 9.72 Å². The fourth-order valence-electron chi connectivity index (χ4n) is 1.19. The second-order valence-electron chi connectivity index (χ2n) is 2.61. The molecule has 0 saturated carbocycles. The van der Waals surface area contributed by atoms with E-state index >= 15 is 0 Å². The van der Waals surface area contributed by atoms with Crippen molar-refractivity contribution in [3.63, 3.8) is 0 Å². The van der Waals surface area contributed by atoms with Crippen LogP contribution in [0.3, 0.4) is 0 Å². The van der Waals surface area contributed by atoms with Crippen molar-refractivity contribution in [3.05, 3.63) is 30.5 Å². The zero-order valence-electron chi connectivity index (χ0n) is 8.06. The first-order chi connectivity index (χ1) is 6.33. The van der Waals surface area contributed by atoms with Crippen molar-refractivity contribution >= 4 is 0 Å². The molecule has 0 fully saturated rings. The molecule has 0 aromatic carbocycles. The monoisotopic (exact) mass is 264 g/mol. The molecule has 0 aliphatic carbocycles. The van der Waals surface area contributed by atoms with Crippen LogP contribution in [0, 0.1) is 13.1 Å². The third kappa shape index (κ3) is 1.91. The van der Waals surface area contributed by atoms with E-state index in [1.165, 1.54) is 0 Å². The second-order valence-corrected chi connectivity index (χ2v) is 2.61. The van der Waals surface area contributed by atoms with Crippen molar-refractivity contribution in [2.75, 3.05) is 7.11 Å². The minimum Gasteiger partial charge on any atom is -0.564 e. The Balaban J connectivity index is 0.000000980. The molecule has 0 spiro atoms. The van der Waals surface area contributed by atoms with Crippen LogP contribution in [0.1, 0.15) is 5.82 Å². The molecule has 2 rings (SSSR count). The maximum absolute atomic E-state index is 5.13. The quantitative estimate of drug-likeness (QED) is 0.758. The molecule has 2 heterocycles. The number of rotatable bonds is 2. The van der Waals surface area contributed by atoms with Gasteiger partial charge in [-0.25, -0.2) is 0 Å². The van der Waals surface area contributed by atoms with E-state index in [1.54, 1.807) is 24.1 Å². The third-order valence-corrected chi connectivity index (χ3v) is 1.84. The molecular weight excluding hydrogens is 255 g/mol. The average Bonchev–Trinajstić information content (AvgIpc) is 2.71. The van der Waals surface area contributed by atoms with Gasteiger partial charge in [-0.05, 0) is 6.07 Å². The molecule has 0 amide bonds. The van der Waals surface area contributed by atoms with E-state index in [0.717, 1.165) is 17.4 Å². The summed E-state index contributed by atoms with van der Waals surface area (Å²) in [7, 11) is 1.62. The Morgan fingerprint density at radius 3 is 2.93 bits per heavy atom. The standard InChI is InChI=1S/C9H9N3O.Y/c1-7-10-5-6-12(7)9-8(13-2)3-4-11-9;/h3-5H,1-2H3;/q-2;. The van der Waals surface area contributed by atoms with Gasteiger partial charge in [-0.1, -0.05) is 25.1 Å². The molecule has 0 aliphatic rings. The number of hydrogen-bond acceptors (Lipinski definition) is 2. The van der Waals surface area contributed by atoms with Gasteiger partial charge in [0, 0.05) is 32.7 Å². The summed E-state index contributed by atoms with van der Waals surface area (Å²) in [5.74, 6) is 2.31. The summed E-state index contributed by atoms with van der Waals surface area (Å²) in [5, 5.41) is 0. The predicted octanol–water partition coefficient (Wildman–Crippen LogP) is 0.944. The van der Waals surface area contributed by atoms with E-state index in [1.807, 2.05) is 13.0 Å². The zero-order chi connectivity index (χ0) is 9.26. The summed E-state index contributed by atoms with van der Waals surface area (Å²) in [4.78, 5) is 8.22. The number of methoxy groups -OCH3 is 1. The SMILES string of the molecule is COc1cc[n-]c1-n1[c-]cnc1C.[Y]. The van der Waals surface area contributed by atoms with Crippen molar-refractivity contribution in [3.8, 4) is 11.6 Å². The van der Waals surface area contributed by atoms with Crippen molar-refractivity contribution in [1.29, 1.82) is 0 Å². The molecular formula is C9H9N3OY-2. The summed E-state index contributed by atoms with van der Waals surface area (Å²) in [6, 6.07) is 1.81. The Labute approximate surface area is 108 Å². The normalized spacial score (nSPS) is 9.57. The van der Waals surface area contributed by atoms with E-state index in [2.05, 4.69) is 16.2 Å². The first-order valence-corrected chi connectivity index (χ1v) is 3.91. The first kappa shape index (κ1) is 11.5. The molecule has 4 nitrogen and oxygen atoms in total. The number of hydrogen-bond donors (Lipinski definition) is 0. The molecule has 2 aromatic rings. The van der Waals surface area contributed by atoms with E-state index in [-0.39, 0.29) is 32.7 Å². The second kappa shape index (κ2) is 4.76. The molecule has 14 heavy (non-hydrogen) atoms. The maximum Gasteiger partial charge on any atom is 0.0759 e. The van der Waals surface area contributed by atoms with E-state index < -0.39 is 0 Å². The number of aromatic nitrogens is 3. The summed E-state index contributed by atoms with van der Waals surface area (Å²) in [6.45, 7) is 1.89. The van der Waals surface area contributed by atoms with Crippen LogP contribution in [0.5, 0.6) is 5.75 Å². The van der Waals surface area contributed by atoms with Gasteiger partial charge in [0.1, 0.15) is 0 Å². The van der Waals surface area contributed by atoms with Gasteiger partial charge in [0.2, 0.25) is 0 Å². The largest absolute Gasteiger partial charge is 0.564 e. The van der Waals surface area contributed by atoms with Gasteiger partial charge in [-0.2, -0.15) is 6.20 Å². The summed E-state index contributed by atoms with van der Waals surface area (Å²) in [6.07, 6.45) is 6.26. The van der Waals surface area contributed by atoms with Gasteiger partial charge in [-0.3, -0.25) is 0 Å². The smallest absolute Gasteiger partial charge is 0.0759 e. The molecule has 2 aromatic heterocycles. The number of ether oxygens (including phenoxy) is 1. The van der Waals surface area contributed by atoms with Gasteiger partial charge in [0.25, 0.3) is 0 Å². The fourth-order valence-corrected chi connectivity index (χ4v) is 1.19. The Hall–Kier alpha value is -0.606. The van der Waals surface area contributed by atoms with Crippen molar-refractivity contribution < 1.29 is 37.4 Å². The zero-order valence-corrected chi connectivity index (χ0v) is 10.9. The van der Waals surface area contributed by atoms with Crippen molar-refractivity contribution in [2.45, 2.75) is 6.92 Å². The van der Waals surface area contributed by atoms with Gasteiger partial charge < -0.3 is 19.3 Å². The Bertz CT molecular complexity index is 408. The molecule has 0 atom stereocenters. The van der Waals surface area contributed by atoms with Crippen LogP contribution in [0.15, 0.2) is 18.5 Å². The number of aryl methyl sites for hydroxylation is 1. The number of nitrogens with zero attached hydrogens (tertiary/aromatic N) is 3. The predicted molar refractivity (Wildman–Crippen MR) is 47.0 cm³/mol. The average molecular weight is 264 g/mol. The van der Waals surface area contributed by atoms with Crippen LogP contribution >= 0.6 is 0 Å². The van der Waals surface area contributed by atoms with Gasteiger partial charge in [0.15, 0.2) is 0 Å². The summed E-state index contributed by atoms with van der Waals surface area (Å²) < 4.78 is 6.90. The van der Waals surface area contributed by atoms with E-state index in [9.17, 15) is 0 Å². The van der Waals surface area contributed by atoms with E-state index in [4.69, 9.17) is 4.74 Å². The topological polar surface area (TPSA) is 41.2 Å². The molecule has 0 bridgehead atoms. The van der Waals surface area contributed by atoms with Gasteiger partial charge in [0.05, 0.1) is 12.9 Å². The molecule has 0 aliphatic heterocycles. The maximum atomic E-state index is 5.13. The molecule has 5 heteroatoms. The summed E-state index contributed by atoms with van der Waals surface area (Å²) >= 11 is 0. The van der Waals surface area contributed by atoms with Crippen LogP contribution in [0.4, 0.5) is 0 Å². The minimum atomic E-state index is 0. The minimum absolute atomic E-state index is 0. The van der Waals surface area contributed by atoms with Gasteiger partial charge in [-0.15, -0.1) is 5.82 Å².